The topological polar surface area (TPSA) is 91.3 Å². The molecule has 3 atom stereocenters. The zero-order valence-corrected chi connectivity index (χ0v) is 16.3. The van der Waals surface area contributed by atoms with Crippen molar-refractivity contribution in [3.63, 3.8) is 0 Å². The molecule has 1 fully saturated rings. The third-order valence-electron chi connectivity index (χ3n) is 4.04. The first-order valence-corrected chi connectivity index (χ1v) is 8.91. The second-order valence-corrected chi connectivity index (χ2v) is 8.61. The highest BCUT2D eigenvalue weighted by Gasteiger charge is 2.40. The lowest BCUT2D eigenvalue weighted by Crippen LogP contribution is -2.37. The second-order valence-electron chi connectivity index (χ2n) is 8.61. The monoisotopic (exact) mass is 364 g/mol. The SMILES string of the molecule is CC(C)(C)OC[C@H]1O[C@@H](n2cnc3c(=O)[nH]cnc32)CC1OC(C)(C)C. The highest BCUT2D eigenvalue weighted by molar-refractivity contribution is 5.68. The fourth-order valence-corrected chi connectivity index (χ4v) is 3.01. The second kappa shape index (κ2) is 6.75. The number of hydrogen-bond donors (Lipinski definition) is 1. The number of aromatic amines is 1. The summed E-state index contributed by atoms with van der Waals surface area (Å²) < 4.78 is 20.2. The number of H-pyrrole nitrogens is 1. The van der Waals surface area contributed by atoms with E-state index in [1.807, 2.05) is 41.5 Å². The predicted octanol–water partition coefficient (Wildman–Crippen LogP) is 2.41. The molecule has 144 valence electrons. The van der Waals surface area contributed by atoms with Crippen LogP contribution in [-0.2, 0) is 14.2 Å². The van der Waals surface area contributed by atoms with E-state index in [0.717, 1.165) is 0 Å². The van der Waals surface area contributed by atoms with Gasteiger partial charge in [-0.2, -0.15) is 0 Å². The van der Waals surface area contributed by atoms with Gasteiger partial charge in [-0.05, 0) is 41.5 Å². The van der Waals surface area contributed by atoms with Crippen molar-refractivity contribution in [1.29, 1.82) is 0 Å². The zero-order valence-electron chi connectivity index (χ0n) is 16.3. The molecule has 1 N–H and O–H groups in total. The van der Waals surface area contributed by atoms with Crippen LogP contribution in [0.2, 0.25) is 0 Å². The average Bonchev–Trinajstić information content (AvgIpc) is 3.07. The molecular formula is C18H28N4O4. The Kier molecular flexibility index (Phi) is 4.94. The molecule has 2 aromatic rings. The number of hydrogen-bond acceptors (Lipinski definition) is 6. The zero-order chi connectivity index (χ0) is 19.1. The van der Waals surface area contributed by atoms with Crippen LogP contribution in [-0.4, -0.2) is 49.5 Å². The summed E-state index contributed by atoms with van der Waals surface area (Å²) in [6, 6.07) is 0. The molecule has 1 aliphatic heterocycles. The minimum atomic E-state index is -0.310. The van der Waals surface area contributed by atoms with Crippen LogP contribution in [0.1, 0.15) is 54.2 Å². The van der Waals surface area contributed by atoms with E-state index < -0.39 is 0 Å². The third-order valence-corrected chi connectivity index (χ3v) is 4.04. The highest BCUT2D eigenvalue weighted by atomic mass is 16.6. The van der Waals surface area contributed by atoms with Gasteiger partial charge in [0.15, 0.2) is 11.2 Å². The Labute approximate surface area is 152 Å². The van der Waals surface area contributed by atoms with Crippen molar-refractivity contribution in [2.75, 3.05) is 6.61 Å². The van der Waals surface area contributed by atoms with Crippen LogP contribution in [0.3, 0.4) is 0 Å². The number of fused-ring (bicyclic) bond motifs is 1. The number of imidazole rings is 1. The number of nitrogens with zero attached hydrogens (tertiary/aromatic N) is 3. The minimum Gasteiger partial charge on any atom is -0.373 e. The van der Waals surface area contributed by atoms with E-state index in [1.54, 1.807) is 10.9 Å². The Morgan fingerprint density at radius 1 is 1.23 bits per heavy atom. The lowest BCUT2D eigenvalue weighted by molar-refractivity contribution is -0.132. The molecule has 26 heavy (non-hydrogen) atoms. The third kappa shape index (κ3) is 4.31. The van der Waals surface area contributed by atoms with Crippen molar-refractivity contribution < 1.29 is 14.2 Å². The van der Waals surface area contributed by atoms with Gasteiger partial charge in [-0.25, -0.2) is 9.97 Å². The van der Waals surface area contributed by atoms with Crippen molar-refractivity contribution in [1.82, 2.24) is 19.5 Å². The van der Waals surface area contributed by atoms with Crippen molar-refractivity contribution in [2.45, 2.75) is 77.6 Å². The van der Waals surface area contributed by atoms with Crippen molar-refractivity contribution >= 4 is 11.2 Å². The van der Waals surface area contributed by atoms with E-state index in [1.165, 1.54) is 6.33 Å². The van der Waals surface area contributed by atoms with Crippen LogP contribution in [0.15, 0.2) is 17.4 Å². The fraction of sp³-hybridized carbons (Fsp3) is 0.722. The number of aromatic nitrogens is 4. The van der Waals surface area contributed by atoms with Crippen LogP contribution >= 0.6 is 0 Å². The quantitative estimate of drug-likeness (QED) is 0.896. The molecule has 0 aliphatic carbocycles. The maximum Gasteiger partial charge on any atom is 0.278 e. The summed E-state index contributed by atoms with van der Waals surface area (Å²) in [7, 11) is 0. The van der Waals surface area contributed by atoms with Crippen LogP contribution < -0.4 is 5.56 Å². The Morgan fingerprint density at radius 3 is 2.62 bits per heavy atom. The van der Waals surface area contributed by atoms with Crippen LogP contribution in [0.25, 0.3) is 11.2 Å². The molecule has 3 heterocycles. The summed E-state index contributed by atoms with van der Waals surface area (Å²) in [5.74, 6) is 0. The standard InChI is InChI=1S/C18H28N4O4/c1-17(2,3)24-8-12-11(26-18(4,5)6)7-13(25-12)22-10-21-14-15(22)19-9-20-16(14)23/h9-13H,7-8H2,1-6H3,(H,19,20,23)/t11?,12-,13-/m1/s1. The first-order valence-electron chi connectivity index (χ1n) is 8.91. The summed E-state index contributed by atoms with van der Waals surface area (Å²) in [5, 5.41) is 0. The molecule has 2 aromatic heterocycles. The molecule has 8 heteroatoms. The van der Waals surface area contributed by atoms with Crippen LogP contribution in [0, 0.1) is 0 Å². The molecule has 0 spiro atoms. The van der Waals surface area contributed by atoms with E-state index in [4.69, 9.17) is 14.2 Å². The summed E-state index contributed by atoms with van der Waals surface area (Å²) in [6.45, 7) is 12.5. The lowest BCUT2D eigenvalue weighted by atomic mass is 10.1. The summed E-state index contributed by atoms with van der Waals surface area (Å²) in [4.78, 5) is 22.8. The lowest BCUT2D eigenvalue weighted by Gasteiger charge is -2.29. The molecule has 0 amide bonds. The Bertz CT molecular complexity index is 815. The Hall–Kier alpha value is -1.77. The van der Waals surface area contributed by atoms with Gasteiger partial charge in [0.25, 0.3) is 5.56 Å². The molecule has 0 aromatic carbocycles. The van der Waals surface area contributed by atoms with Gasteiger partial charge >= 0.3 is 0 Å². The Morgan fingerprint density at radius 2 is 1.96 bits per heavy atom. The summed E-state index contributed by atoms with van der Waals surface area (Å²) >= 11 is 0. The van der Waals surface area contributed by atoms with Gasteiger partial charge in [-0.15, -0.1) is 0 Å². The van der Waals surface area contributed by atoms with E-state index >= 15 is 0 Å². The van der Waals surface area contributed by atoms with Crippen molar-refractivity contribution in [2.24, 2.45) is 0 Å². The number of rotatable bonds is 4. The molecule has 1 saturated heterocycles. The van der Waals surface area contributed by atoms with E-state index in [0.29, 0.717) is 24.2 Å². The number of ether oxygens (including phenoxy) is 3. The van der Waals surface area contributed by atoms with Gasteiger partial charge in [0.05, 0.1) is 36.6 Å². The predicted molar refractivity (Wildman–Crippen MR) is 97.0 cm³/mol. The van der Waals surface area contributed by atoms with E-state index in [2.05, 4.69) is 15.0 Å². The first kappa shape index (κ1) is 19.0. The van der Waals surface area contributed by atoms with Gasteiger partial charge < -0.3 is 19.2 Å². The average molecular weight is 364 g/mol. The summed E-state index contributed by atoms with van der Waals surface area (Å²) in [6.07, 6.45) is 2.96. The van der Waals surface area contributed by atoms with E-state index in [-0.39, 0.29) is 35.2 Å². The largest absolute Gasteiger partial charge is 0.373 e. The van der Waals surface area contributed by atoms with Gasteiger partial charge in [-0.3, -0.25) is 9.36 Å². The summed E-state index contributed by atoms with van der Waals surface area (Å²) in [5.41, 5.74) is -0.00848. The van der Waals surface area contributed by atoms with Gasteiger partial charge in [0.1, 0.15) is 12.3 Å². The van der Waals surface area contributed by atoms with Crippen LogP contribution in [0.4, 0.5) is 0 Å². The molecule has 0 radical (unpaired) electrons. The van der Waals surface area contributed by atoms with Gasteiger partial charge in [-0.1, -0.05) is 0 Å². The molecular weight excluding hydrogens is 336 g/mol. The molecule has 0 bridgehead atoms. The maximum absolute atomic E-state index is 11.9. The molecule has 8 nitrogen and oxygen atoms in total. The normalized spacial score (nSPS) is 24.5. The van der Waals surface area contributed by atoms with Crippen LogP contribution in [0.5, 0.6) is 0 Å². The van der Waals surface area contributed by atoms with Crippen molar-refractivity contribution in [3.05, 3.63) is 23.0 Å². The first-order chi connectivity index (χ1) is 12.0. The highest BCUT2D eigenvalue weighted by Crippen LogP contribution is 2.34. The molecule has 3 rings (SSSR count). The van der Waals surface area contributed by atoms with Gasteiger partial charge in [0.2, 0.25) is 0 Å². The number of nitrogens with one attached hydrogen (secondary N) is 1. The smallest absolute Gasteiger partial charge is 0.278 e. The van der Waals surface area contributed by atoms with Crippen molar-refractivity contribution in [3.8, 4) is 0 Å². The molecule has 1 aliphatic rings. The molecule has 1 unspecified atom stereocenters. The molecule has 0 saturated carbocycles. The van der Waals surface area contributed by atoms with Gasteiger partial charge in [0, 0.05) is 6.42 Å². The Balaban J connectivity index is 1.84. The fourth-order valence-electron chi connectivity index (χ4n) is 3.01. The van der Waals surface area contributed by atoms with E-state index in [9.17, 15) is 4.79 Å². The minimum absolute atomic E-state index is 0.123. The maximum atomic E-state index is 11.9.